The van der Waals surface area contributed by atoms with Gasteiger partial charge in [0.25, 0.3) is 0 Å². The minimum Gasteiger partial charge on any atom is -0.326 e. The number of rotatable bonds is 3. The van der Waals surface area contributed by atoms with Crippen molar-refractivity contribution in [3.05, 3.63) is 36.2 Å². The van der Waals surface area contributed by atoms with E-state index in [4.69, 9.17) is 0 Å². The molecule has 1 atom stereocenters. The quantitative estimate of drug-likeness (QED) is 0.872. The van der Waals surface area contributed by atoms with E-state index in [2.05, 4.69) is 5.32 Å². The van der Waals surface area contributed by atoms with Crippen molar-refractivity contribution in [3.8, 4) is 0 Å². The summed E-state index contributed by atoms with van der Waals surface area (Å²) in [5.41, 5.74) is 0.273. The number of allylic oxidation sites excluding steroid dienone is 2. The summed E-state index contributed by atoms with van der Waals surface area (Å²) in [6, 6.07) is 3.60. The first-order chi connectivity index (χ1) is 9.38. The highest BCUT2D eigenvalue weighted by Crippen LogP contribution is 2.22. The smallest absolute Gasteiger partial charge is 0.227 e. The summed E-state index contributed by atoms with van der Waals surface area (Å²) < 4.78 is 36.3. The van der Waals surface area contributed by atoms with Crippen LogP contribution < -0.4 is 5.32 Å². The first-order valence-corrected chi connectivity index (χ1v) is 8.22. The van der Waals surface area contributed by atoms with Crippen molar-refractivity contribution in [1.29, 1.82) is 0 Å². The van der Waals surface area contributed by atoms with Gasteiger partial charge in [0.05, 0.1) is 0 Å². The van der Waals surface area contributed by atoms with Gasteiger partial charge in [0.2, 0.25) is 5.91 Å². The summed E-state index contributed by atoms with van der Waals surface area (Å²) in [4.78, 5) is 11.6. The van der Waals surface area contributed by atoms with E-state index in [0.29, 0.717) is 6.42 Å². The van der Waals surface area contributed by atoms with E-state index in [0.717, 1.165) is 25.2 Å². The molecule has 1 N–H and O–H groups in total. The molecule has 1 aromatic rings. The fourth-order valence-corrected chi connectivity index (χ4v) is 2.88. The zero-order chi connectivity index (χ0) is 14.8. The second kappa shape index (κ2) is 5.75. The second-order valence-electron chi connectivity index (χ2n) is 4.89. The van der Waals surface area contributed by atoms with Crippen LogP contribution in [0.1, 0.15) is 19.3 Å². The van der Waals surface area contributed by atoms with Gasteiger partial charge >= 0.3 is 0 Å². The summed E-state index contributed by atoms with van der Waals surface area (Å²) in [6.07, 6.45) is 7.24. The number of sulfone groups is 1. The number of anilines is 1. The largest absolute Gasteiger partial charge is 0.326 e. The summed E-state index contributed by atoms with van der Waals surface area (Å²) >= 11 is 0. The molecule has 4 nitrogen and oxygen atoms in total. The van der Waals surface area contributed by atoms with Crippen LogP contribution in [-0.2, 0) is 14.6 Å². The molecule has 1 aromatic carbocycles. The first kappa shape index (κ1) is 14.7. The molecule has 0 saturated carbocycles. The molecule has 0 aliphatic heterocycles. The van der Waals surface area contributed by atoms with E-state index in [1.54, 1.807) is 0 Å². The Morgan fingerprint density at radius 1 is 1.35 bits per heavy atom. The fourth-order valence-electron chi connectivity index (χ4n) is 2.16. The molecule has 2 rings (SSSR count). The van der Waals surface area contributed by atoms with Crippen LogP contribution in [-0.4, -0.2) is 20.6 Å². The SMILES string of the molecule is CS(=O)(=O)c1ccc(NC(=O)[C@@H]2CC=CCC2)cc1F. The lowest BCUT2D eigenvalue weighted by Gasteiger charge is -2.17. The Kier molecular flexibility index (Phi) is 4.23. The van der Waals surface area contributed by atoms with Crippen LogP contribution in [0.2, 0.25) is 0 Å². The van der Waals surface area contributed by atoms with Crippen molar-refractivity contribution >= 4 is 21.4 Å². The average Bonchev–Trinajstić information content (AvgIpc) is 2.38. The highest BCUT2D eigenvalue weighted by atomic mass is 32.2. The van der Waals surface area contributed by atoms with Gasteiger partial charge in [-0.2, -0.15) is 0 Å². The second-order valence-corrected chi connectivity index (χ2v) is 6.87. The van der Waals surface area contributed by atoms with Crippen LogP contribution >= 0.6 is 0 Å². The maximum absolute atomic E-state index is 13.7. The molecule has 0 aromatic heterocycles. The van der Waals surface area contributed by atoms with Gasteiger partial charge in [0.1, 0.15) is 10.7 Å². The van der Waals surface area contributed by atoms with Crippen molar-refractivity contribution < 1.29 is 17.6 Å². The Hall–Kier alpha value is -1.69. The van der Waals surface area contributed by atoms with Gasteiger partial charge in [0, 0.05) is 17.9 Å². The molecule has 20 heavy (non-hydrogen) atoms. The van der Waals surface area contributed by atoms with Crippen LogP contribution in [0.3, 0.4) is 0 Å². The highest BCUT2D eigenvalue weighted by Gasteiger charge is 2.20. The molecular weight excluding hydrogens is 281 g/mol. The predicted molar refractivity (Wildman–Crippen MR) is 74.6 cm³/mol. The van der Waals surface area contributed by atoms with Crippen LogP contribution in [0, 0.1) is 11.7 Å². The monoisotopic (exact) mass is 297 g/mol. The lowest BCUT2D eigenvalue weighted by molar-refractivity contribution is -0.120. The normalized spacial score (nSPS) is 18.8. The maximum atomic E-state index is 13.7. The summed E-state index contributed by atoms with van der Waals surface area (Å²) in [6.45, 7) is 0. The van der Waals surface area contributed by atoms with Gasteiger partial charge in [0.15, 0.2) is 9.84 Å². The molecule has 0 unspecified atom stereocenters. The lowest BCUT2D eigenvalue weighted by Crippen LogP contribution is -2.23. The minimum atomic E-state index is -3.60. The van der Waals surface area contributed by atoms with Gasteiger partial charge < -0.3 is 5.32 Å². The molecule has 0 heterocycles. The predicted octanol–water partition coefficient (Wildman–Crippen LogP) is 2.52. The number of nitrogens with one attached hydrogen (secondary N) is 1. The molecule has 0 fully saturated rings. The van der Waals surface area contributed by atoms with E-state index < -0.39 is 15.7 Å². The lowest BCUT2D eigenvalue weighted by atomic mass is 9.93. The molecule has 0 spiro atoms. The molecule has 0 radical (unpaired) electrons. The van der Waals surface area contributed by atoms with Gasteiger partial charge in [-0.1, -0.05) is 12.2 Å². The van der Waals surface area contributed by atoms with E-state index in [1.807, 2.05) is 12.2 Å². The zero-order valence-corrected chi connectivity index (χ0v) is 11.9. The van der Waals surface area contributed by atoms with E-state index in [-0.39, 0.29) is 22.4 Å². The van der Waals surface area contributed by atoms with Crippen molar-refractivity contribution in [2.24, 2.45) is 5.92 Å². The highest BCUT2D eigenvalue weighted by molar-refractivity contribution is 7.90. The Labute approximate surface area is 117 Å². The Morgan fingerprint density at radius 2 is 2.10 bits per heavy atom. The van der Waals surface area contributed by atoms with Crippen molar-refractivity contribution in [3.63, 3.8) is 0 Å². The van der Waals surface area contributed by atoms with Crippen molar-refractivity contribution in [2.45, 2.75) is 24.2 Å². The van der Waals surface area contributed by atoms with Gasteiger partial charge in [-0.15, -0.1) is 0 Å². The van der Waals surface area contributed by atoms with E-state index in [9.17, 15) is 17.6 Å². The third-order valence-corrected chi connectivity index (χ3v) is 4.37. The number of benzene rings is 1. The topological polar surface area (TPSA) is 63.2 Å². The Balaban J connectivity index is 2.13. The van der Waals surface area contributed by atoms with E-state index >= 15 is 0 Å². The van der Waals surface area contributed by atoms with Crippen LogP contribution in [0.4, 0.5) is 10.1 Å². The van der Waals surface area contributed by atoms with Gasteiger partial charge in [-0.25, -0.2) is 12.8 Å². The van der Waals surface area contributed by atoms with Gasteiger partial charge in [-0.05, 0) is 37.5 Å². The Bertz CT molecular complexity index is 652. The number of halogens is 1. The van der Waals surface area contributed by atoms with Crippen molar-refractivity contribution in [1.82, 2.24) is 0 Å². The minimum absolute atomic E-state index is 0.113. The number of carbonyl (C=O) groups is 1. The molecule has 0 bridgehead atoms. The van der Waals surface area contributed by atoms with Crippen LogP contribution in [0.15, 0.2) is 35.2 Å². The maximum Gasteiger partial charge on any atom is 0.227 e. The van der Waals surface area contributed by atoms with Crippen LogP contribution in [0.25, 0.3) is 0 Å². The zero-order valence-electron chi connectivity index (χ0n) is 11.1. The third-order valence-electron chi connectivity index (χ3n) is 3.24. The molecule has 6 heteroatoms. The number of hydrogen-bond acceptors (Lipinski definition) is 3. The standard InChI is InChI=1S/C14H16FNO3S/c1-20(18,19)13-8-7-11(9-12(13)15)16-14(17)10-5-3-2-4-6-10/h2-3,7-10H,4-6H2,1H3,(H,16,17)/t10-/m1/s1. The van der Waals surface area contributed by atoms with Crippen molar-refractivity contribution in [2.75, 3.05) is 11.6 Å². The molecule has 108 valence electrons. The Morgan fingerprint density at radius 3 is 2.65 bits per heavy atom. The summed E-state index contributed by atoms with van der Waals surface area (Å²) in [5.74, 6) is -1.13. The molecule has 0 saturated heterocycles. The molecule has 1 aliphatic carbocycles. The molecule has 1 amide bonds. The number of hydrogen-bond donors (Lipinski definition) is 1. The number of carbonyl (C=O) groups excluding carboxylic acids is 1. The third kappa shape index (κ3) is 3.45. The molecular formula is C14H16FNO3S. The molecule has 1 aliphatic rings. The number of amides is 1. The van der Waals surface area contributed by atoms with Crippen LogP contribution in [0.5, 0.6) is 0 Å². The first-order valence-electron chi connectivity index (χ1n) is 6.33. The fraction of sp³-hybridized carbons (Fsp3) is 0.357. The van der Waals surface area contributed by atoms with Gasteiger partial charge in [-0.3, -0.25) is 4.79 Å². The van der Waals surface area contributed by atoms with E-state index in [1.165, 1.54) is 12.1 Å². The average molecular weight is 297 g/mol. The summed E-state index contributed by atoms with van der Waals surface area (Å²) in [7, 11) is -3.60. The summed E-state index contributed by atoms with van der Waals surface area (Å²) in [5, 5.41) is 2.62.